The molecule has 1 unspecified atom stereocenters. The van der Waals surface area contributed by atoms with E-state index in [2.05, 4.69) is 67.3 Å². The summed E-state index contributed by atoms with van der Waals surface area (Å²) < 4.78 is 2.12. The Morgan fingerprint density at radius 1 is 1.21 bits per heavy atom. The minimum Gasteiger partial charge on any atom is -0.313 e. The highest BCUT2D eigenvalue weighted by atomic mass is 79.9. The lowest BCUT2D eigenvalue weighted by molar-refractivity contribution is 0.649. The van der Waals surface area contributed by atoms with Crippen molar-refractivity contribution in [1.82, 2.24) is 10.3 Å². The maximum atomic E-state index is 4.37. The zero-order chi connectivity index (χ0) is 13.8. The Bertz CT molecular complexity index is 558. The van der Waals surface area contributed by atoms with Crippen LogP contribution < -0.4 is 5.32 Å². The molecule has 0 saturated carbocycles. The van der Waals surface area contributed by atoms with E-state index in [1.807, 2.05) is 25.4 Å². The van der Waals surface area contributed by atoms with Crippen molar-refractivity contribution in [3.63, 3.8) is 0 Å². The highest BCUT2D eigenvalue weighted by Crippen LogP contribution is 2.32. The summed E-state index contributed by atoms with van der Waals surface area (Å²) in [6, 6.07) is 10.8. The van der Waals surface area contributed by atoms with Crippen LogP contribution in [0.1, 0.15) is 18.5 Å². The lowest BCUT2D eigenvalue weighted by atomic mass is 10.1. The van der Waals surface area contributed by atoms with Crippen LogP contribution in [0.15, 0.2) is 55.4 Å². The van der Waals surface area contributed by atoms with Gasteiger partial charge in [-0.25, -0.2) is 4.98 Å². The summed E-state index contributed by atoms with van der Waals surface area (Å²) in [7, 11) is 1.96. The van der Waals surface area contributed by atoms with Crippen LogP contribution in [-0.2, 0) is 0 Å². The summed E-state index contributed by atoms with van der Waals surface area (Å²) in [5.41, 5.74) is 1.26. The summed E-state index contributed by atoms with van der Waals surface area (Å²) >= 11 is 8.68. The van der Waals surface area contributed by atoms with Gasteiger partial charge in [-0.05, 0) is 59.7 Å². The number of rotatable bonds is 4. The Kier molecular flexibility index (Phi) is 5.45. The second-order valence-electron chi connectivity index (χ2n) is 4.11. The molecule has 0 spiro atoms. The van der Waals surface area contributed by atoms with Gasteiger partial charge in [-0.1, -0.05) is 33.8 Å². The molecule has 0 saturated heterocycles. The van der Waals surface area contributed by atoms with Crippen molar-refractivity contribution in [3.8, 4) is 0 Å². The van der Waals surface area contributed by atoms with Crippen LogP contribution >= 0.6 is 43.6 Å². The maximum Gasteiger partial charge on any atom is 0.101 e. The van der Waals surface area contributed by atoms with Crippen molar-refractivity contribution in [3.05, 3.63) is 51.0 Å². The third-order valence-corrected chi connectivity index (χ3v) is 4.89. The van der Waals surface area contributed by atoms with Crippen LogP contribution in [0.4, 0.5) is 0 Å². The van der Waals surface area contributed by atoms with Crippen LogP contribution in [0.5, 0.6) is 0 Å². The number of halogens is 2. The van der Waals surface area contributed by atoms with Gasteiger partial charge in [0.1, 0.15) is 5.03 Å². The molecule has 0 aliphatic carbocycles. The molecule has 0 fully saturated rings. The van der Waals surface area contributed by atoms with Crippen molar-refractivity contribution in [2.75, 3.05) is 7.05 Å². The number of nitrogens with one attached hydrogen (secondary N) is 1. The predicted octanol–water partition coefficient (Wildman–Crippen LogP) is 5.04. The molecule has 1 atom stereocenters. The Morgan fingerprint density at radius 2 is 2.00 bits per heavy atom. The molecule has 0 aliphatic heterocycles. The number of aromatic nitrogens is 1. The van der Waals surface area contributed by atoms with Crippen molar-refractivity contribution in [1.29, 1.82) is 0 Å². The van der Waals surface area contributed by atoms with Crippen LogP contribution in [0.2, 0.25) is 0 Å². The number of pyridine rings is 1. The Balaban J connectivity index is 2.18. The van der Waals surface area contributed by atoms with E-state index in [1.54, 1.807) is 11.8 Å². The van der Waals surface area contributed by atoms with Gasteiger partial charge in [0.05, 0.1) is 0 Å². The molecule has 0 amide bonds. The molecule has 1 heterocycles. The summed E-state index contributed by atoms with van der Waals surface area (Å²) in [6.45, 7) is 2.14. The van der Waals surface area contributed by atoms with E-state index in [-0.39, 0.29) is 0 Å². The summed E-state index contributed by atoms with van der Waals surface area (Å²) in [5.74, 6) is 0. The van der Waals surface area contributed by atoms with E-state index >= 15 is 0 Å². The van der Waals surface area contributed by atoms with E-state index in [4.69, 9.17) is 0 Å². The fourth-order valence-electron chi connectivity index (χ4n) is 1.62. The minimum atomic E-state index is 0.333. The van der Waals surface area contributed by atoms with Crippen molar-refractivity contribution < 1.29 is 0 Å². The second-order valence-corrected chi connectivity index (χ2v) is 6.97. The van der Waals surface area contributed by atoms with Gasteiger partial charge < -0.3 is 5.32 Å². The molecular formula is C14H14Br2N2S. The van der Waals surface area contributed by atoms with E-state index < -0.39 is 0 Å². The predicted molar refractivity (Wildman–Crippen MR) is 87.7 cm³/mol. The van der Waals surface area contributed by atoms with Gasteiger partial charge in [0.15, 0.2) is 0 Å². The molecular weight excluding hydrogens is 388 g/mol. The van der Waals surface area contributed by atoms with Gasteiger partial charge >= 0.3 is 0 Å². The molecule has 1 N–H and O–H groups in total. The van der Waals surface area contributed by atoms with E-state index in [9.17, 15) is 0 Å². The third kappa shape index (κ3) is 4.05. The molecule has 19 heavy (non-hydrogen) atoms. The largest absolute Gasteiger partial charge is 0.313 e. The molecule has 0 aliphatic rings. The molecule has 2 nitrogen and oxygen atoms in total. The molecule has 1 aromatic heterocycles. The highest BCUT2D eigenvalue weighted by Gasteiger charge is 2.08. The smallest absolute Gasteiger partial charge is 0.101 e. The minimum absolute atomic E-state index is 0.333. The first-order valence-corrected chi connectivity index (χ1v) is 8.26. The lowest BCUT2D eigenvalue weighted by Crippen LogP contribution is -2.12. The number of benzene rings is 1. The van der Waals surface area contributed by atoms with E-state index in [0.29, 0.717) is 6.04 Å². The lowest BCUT2D eigenvalue weighted by Gasteiger charge is -2.13. The van der Waals surface area contributed by atoms with Crippen molar-refractivity contribution >= 4 is 43.6 Å². The van der Waals surface area contributed by atoms with E-state index in [1.165, 1.54) is 10.5 Å². The number of nitrogens with zero attached hydrogens (tertiary/aromatic N) is 1. The van der Waals surface area contributed by atoms with Gasteiger partial charge in [-0.2, -0.15) is 0 Å². The van der Waals surface area contributed by atoms with Gasteiger partial charge in [-0.3, -0.25) is 0 Å². The normalized spacial score (nSPS) is 12.4. The first-order chi connectivity index (χ1) is 9.10. The zero-order valence-corrected chi connectivity index (χ0v) is 14.6. The quantitative estimate of drug-likeness (QED) is 0.776. The number of hydrogen-bond donors (Lipinski definition) is 1. The summed E-state index contributed by atoms with van der Waals surface area (Å²) in [5, 5.41) is 4.23. The standard InChI is InChI=1S/C14H14Br2N2S/c1-9(17-2)12-5-4-11(7-13(12)16)19-14-6-3-10(15)8-18-14/h3-9,17H,1-2H3. The van der Waals surface area contributed by atoms with Crippen molar-refractivity contribution in [2.24, 2.45) is 0 Å². The third-order valence-electron chi connectivity index (χ3n) is 2.79. The molecule has 2 rings (SSSR count). The monoisotopic (exact) mass is 400 g/mol. The van der Waals surface area contributed by atoms with Gasteiger partial charge in [0.25, 0.3) is 0 Å². The molecule has 100 valence electrons. The number of hydrogen-bond acceptors (Lipinski definition) is 3. The highest BCUT2D eigenvalue weighted by molar-refractivity contribution is 9.10. The van der Waals surface area contributed by atoms with Gasteiger partial charge in [0.2, 0.25) is 0 Å². The van der Waals surface area contributed by atoms with E-state index in [0.717, 1.165) is 14.0 Å². The average molecular weight is 402 g/mol. The molecule has 0 radical (unpaired) electrons. The summed E-state index contributed by atoms with van der Waals surface area (Å²) in [6.07, 6.45) is 1.81. The molecule has 0 bridgehead atoms. The molecule has 1 aromatic carbocycles. The fourth-order valence-corrected chi connectivity index (χ4v) is 3.53. The Morgan fingerprint density at radius 3 is 2.58 bits per heavy atom. The first kappa shape index (κ1) is 15.0. The average Bonchev–Trinajstić information content (AvgIpc) is 2.41. The Labute approximate surface area is 134 Å². The second kappa shape index (κ2) is 6.88. The SMILES string of the molecule is CNC(C)c1ccc(Sc2ccc(Br)cn2)cc1Br. The zero-order valence-electron chi connectivity index (χ0n) is 10.7. The van der Waals surface area contributed by atoms with Crippen LogP contribution in [-0.4, -0.2) is 12.0 Å². The molecule has 5 heteroatoms. The Hall–Kier alpha value is -0.360. The van der Waals surface area contributed by atoms with Gasteiger partial charge in [0, 0.05) is 26.1 Å². The topological polar surface area (TPSA) is 24.9 Å². The van der Waals surface area contributed by atoms with Crippen molar-refractivity contribution in [2.45, 2.75) is 22.9 Å². The summed E-state index contributed by atoms with van der Waals surface area (Å²) in [4.78, 5) is 5.54. The molecule has 2 aromatic rings. The maximum absolute atomic E-state index is 4.37. The van der Waals surface area contributed by atoms with Gasteiger partial charge in [-0.15, -0.1) is 0 Å². The van der Waals surface area contributed by atoms with Crippen LogP contribution in [0.25, 0.3) is 0 Å². The van der Waals surface area contributed by atoms with Crippen LogP contribution in [0, 0.1) is 0 Å². The first-order valence-electron chi connectivity index (χ1n) is 5.86. The fraction of sp³-hybridized carbons (Fsp3) is 0.214. The van der Waals surface area contributed by atoms with Crippen LogP contribution in [0.3, 0.4) is 0 Å².